The van der Waals surface area contributed by atoms with E-state index in [2.05, 4.69) is 33.5 Å². The molecule has 2 amide bonds. The summed E-state index contributed by atoms with van der Waals surface area (Å²) in [6.45, 7) is 4.48. The first-order chi connectivity index (χ1) is 12.4. The van der Waals surface area contributed by atoms with E-state index in [1.807, 2.05) is 56.4 Å². The van der Waals surface area contributed by atoms with Gasteiger partial charge in [0.05, 0.1) is 7.05 Å². The molecule has 0 spiro atoms. The molecule has 5 nitrogen and oxygen atoms in total. The van der Waals surface area contributed by atoms with Crippen molar-refractivity contribution in [2.45, 2.75) is 20.3 Å². The van der Waals surface area contributed by atoms with Crippen LogP contribution in [0.1, 0.15) is 18.1 Å². The number of hydrogen-bond acceptors (Lipinski definition) is 2. The fourth-order valence-electron chi connectivity index (χ4n) is 2.63. The molecule has 0 heterocycles. The zero-order valence-corrected chi connectivity index (χ0v) is 16.9. The lowest BCUT2D eigenvalue weighted by molar-refractivity contribution is -0.862. The zero-order valence-electron chi connectivity index (χ0n) is 15.4. The van der Waals surface area contributed by atoms with Crippen molar-refractivity contribution in [2.24, 2.45) is 0 Å². The molecule has 0 aliphatic rings. The molecule has 0 bridgehead atoms. The van der Waals surface area contributed by atoms with Gasteiger partial charge < -0.3 is 15.5 Å². The highest BCUT2D eigenvalue weighted by Crippen LogP contribution is 2.20. The molecule has 2 aromatic carbocycles. The summed E-state index contributed by atoms with van der Waals surface area (Å²) in [6.07, 6.45) is 0.855. The number of aryl methyl sites for hydroxylation is 2. The van der Waals surface area contributed by atoms with E-state index in [1.165, 1.54) is 0 Å². The number of carbonyl (C=O) groups excluding carboxylic acids is 2. The van der Waals surface area contributed by atoms with Crippen LogP contribution in [-0.2, 0) is 16.0 Å². The van der Waals surface area contributed by atoms with Crippen LogP contribution in [0.25, 0.3) is 0 Å². The lowest BCUT2D eigenvalue weighted by Crippen LogP contribution is -3.11. The molecule has 0 saturated carbocycles. The van der Waals surface area contributed by atoms with E-state index in [1.54, 1.807) is 0 Å². The molecule has 0 aliphatic carbocycles. The number of halogens is 1. The van der Waals surface area contributed by atoms with E-state index in [0.29, 0.717) is 0 Å². The number of carbonyl (C=O) groups is 2. The number of likely N-dealkylation sites (N-methyl/N-ethyl adjacent to an activating group) is 1. The Labute approximate surface area is 162 Å². The van der Waals surface area contributed by atoms with Gasteiger partial charge in [-0.2, -0.15) is 0 Å². The molecule has 1 unspecified atom stereocenters. The van der Waals surface area contributed by atoms with Crippen LogP contribution >= 0.6 is 15.9 Å². The van der Waals surface area contributed by atoms with E-state index in [0.717, 1.165) is 38.3 Å². The Hall–Kier alpha value is -2.18. The summed E-state index contributed by atoms with van der Waals surface area (Å²) in [5.41, 5.74) is 3.78. The van der Waals surface area contributed by atoms with Crippen molar-refractivity contribution in [1.82, 2.24) is 0 Å². The van der Waals surface area contributed by atoms with Crippen molar-refractivity contribution < 1.29 is 14.5 Å². The first-order valence-corrected chi connectivity index (χ1v) is 9.43. The molecule has 26 heavy (non-hydrogen) atoms. The highest BCUT2D eigenvalue weighted by molar-refractivity contribution is 9.10. The SMILES string of the molecule is CCc1ccccc1NC(=O)C[NH+](C)CC(=O)Nc1ccc(C)c(Br)c1. The van der Waals surface area contributed by atoms with Gasteiger partial charge in [-0.1, -0.05) is 47.1 Å². The first kappa shape index (κ1) is 20.1. The summed E-state index contributed by atoms with van der Waals surface area (Å²) in [4.78, 5) is 25.2. The Morgan fingerprint density at radius 3 is 2.35 bits per heavy atom. The standard InChI is InChI=1S/C20H24BrN3O2/c1-4-15-7-5-6-8-18(15)23-20(26)13-24(3)12-19(25)22-16-10-9-14(2)17(21)11-16/h5-11H,4,12-13H2,1-3H3,(H,22,25)(H,23,26)/p+1. The second kappa shape index (κ2) is 9.50. The van der Waals surface area contributed by atoms with E-state index in [-0.39, 0.29) is 24.9 Å². The maximum absolute atomic E-state index is 12.2. The molecule has 3 N–H and O–H groups in total. The molecule has 138 valence electrons. The molecule has 0 fully saturated rings. The van der Waals surface area contributed by atoms with Crippen LogP contribution in [0.2, 0.25) is 0 Å². The Kier molecular flexibility index (Phi) is 7.36. The smallest absolute Gasteiger partial charge is 0.279 e. The lowest BCUT2D eigenvalue weighted by Gasteiger charge is -2.15. The van der Waals surface area contributed by atoms with Crippen LogP contribution in [-0.4, -0.2) is 32.0 Å². The largest absolute Gasteiger partial charge is 0.322 e. The summed E-state index contributed by atoms with van der Waals surface area (Å²) < 4.78 is 0.949. The second-order valence-electron chi connectivity index (χ2n) is 6.38. The average Bonchev–Trinajstić information content (AvgIpc) is 2.58. The van der Waals surface area contributed by atoms with E-state index >= 15 is 0 Å². The third kappa shape index (κ3) is 5.97. The number of anilines is 2. The predicted molar refractivity (Wildman–Crippen MR) is 109 cm³/mol. The summed E-state index contributed by atoms with van der Waals surface area (Å²) in [5, 5.41) is 5.79. The van der Waals surface area contributed by atoms with Gasteiger partial charge in [-0.3, -0.25) is 9.59 Å². The molecule has 0 aromatic heterocycles. The number of hydrogen-bond donors (Lipinski definition) is 3. The first-order valence-electron chi connectivity index (χ1n) is 8.64. The maximum atomic E-state index is 12.2. The normalized spacial score (nSPS) is 11.7. The number of quaternary nitrogens is 1. The van der Waals surface area contributed by atoms with Crippen LogP contribution < -0.4 is 15.5 Å². The van der Waals surface area contributed by atoms with Gasteiger partial charge in [0.15, 0.2) is 13.1 Å². The van der Waals surface area contributed by atoms with Gasteiger partial charge in [0.2, 0.25) is 0 Å². The Balaban J connectivity index is 1.85. The summed E-state index contributed by atoms with van der Waals surface area (Å²) in [6, 6.07) is 13.4. The van der Waals surface area contributed by atoms with Crippen LogP contribution in [0.3, 0.4) is 0 Å². The van der Waals surface area contributed by atoms with Crippen LogP contribution in [0.5, 0.6) is 0 Å². The highest BCUT2D eigenvalue weighted by Gasteiger charge is 2.15. The topological polar surface area (TPSA) is 62.6 Å². The third-order valence-electron chi connectivity index (χ3n) is 4.05. The van der Waals surface area contributed by atoms with Gasteiger partial charge in [0, 0.05) is 15.8 Å². The van der Waals surface area contributed by atoms with E-state index in [4.69, 9.17) is 0 Å². The number of benzene rings is 2. The maximum Gasteiger partial charge on any atom is 0.279 e. The van der Waals surface area contributed by atoms with Crippen LogP contribution in [0.4, 0.5) is 11.4 Å². The minimum absolute atomic E-state index is 0.103. The molecular weight excluding hydrogens is 394 g/mol. The average molecular weight is 419 g/mol. The number of nitrogens with one attached hydrogen (secondary N) is 3. The molecule has 1 atom stereocenters. The minimum atomic E-state index is -0.125. The van der Waals surface area contributed by atoms with Crippen molar-refractivity contribution in [3.05, 3.63) is 58.1 Å². The van der Waals surface area contributed by atoms with Crippen molar-refractivity contribution in [2.75, 3.05) is 30.8 Å². The molecule has 6 heteroatoms. The monoisotopic (exact) mass is 418 g/mol. The minimum Gasteiger partial charge on any atom is -0.322 e. The molecule has 2 aromatic rings. The van der Waals surface area contributed by atoms with Gasteiger partial charge in [0.25, 0.3) is 11.8 Å². The molecule has 0 saturated heterocycles. The molecular formula is C20H25BrN3O2+. The molecule has 0 aliphatic heterocycles. The van der Waals surface area contributed by atoms with Crippen LogP contribution in [0, 0.1) is 6.92 Å². The highest BCUT2D eigenvalue weighted by atomic mass is 79.9. The van der Waals surface area contributed by atoms with Gasteiger partial charge in [-0.15, -0.1) is 0 Å². The van der Waals surface area contributed by atoms with Crippen molar-refractivity contribution in [3.63, 3.8) is 0 Å². The molecule has 2 rings (SSSR count). The van der Waals surface area contributed by atoms with Gasteiger partial charge >= 0.3 is 0 Å². The number of para-hydroxylation sites is 1. The summed E-state index contributed by atoms with van der Waals surface area (Å²) in [5.74, 6) is -0.228. The number of rotatable bonds is 7. The van der Waals surface area contributed by atoms with Gasteiger partial charge in [-0.05, 0) is 42.7 Å². The van der Waals surface area contributed by atoms with Crippen molar-refractivity contribution in [3.8, 4) is 0 Å². The van der Waals surface area contributed by atoms with E-state index in [9.17, 15) is 9.59 Å². The van der Waals surface area contributed by atoms with E-state index < -0.39 is 0 Å². The Bertz CT molecular complexity index is 792. The number of amides is 2. The Morgan fingerprint density at radius 1 is 1.04 bits per heavy atom. The fourth-order valence-corrected chi connectivity index (χ4v) is 3.01. The quantitative estimate of drug-likeness (QED) is 0.646. The summed E-state index contributed by atoms with van der Waals surface area (Å²) in [7, 11) is 1.83. The van der Waals surface area contributed by atoms with Gasteiger partial charge in [0.1, 0.15) is 0 Å². The van der Waals surface area contributed by atoms with Gasteiger partial charge in [-0.25, -0.2) is 0 Å². The van der Waals surface area contributed by atoms with Crippen molar-refractivity contribution in [1.29, 1.82) is 0 Å². The lowest BCUT2D eigenvalue weighted by atomic mass is 10.1. The van der Waals surface area contributed by atoms with Crippen molar-refractivity contribution >= 4 is 39.1 Å². The second-order valence-corrected chi connectivity index (χ2v) is 7.24. The van der Waals surface area contributed by atoms with Crippen LogP contribution in [0.15, 0.2) is 46.9 Å². The predicted octanol–water partition coefficient (Wildman–Crippen LogP) is 2.41. The fraction of sp³-hybridized carbons (Fsp3) is 0.300. The zero-order chi connectivity index (χ0) is 19.1. The third-order valence-corrected chi connectivity index (χ3v) is 4.91. The molecule has 0 radical (unpaired) electrons. The summed E-state index contributed by atoms with van der Waals surface area (Å²) >= 11 is 3.45. The Morgan fingerprint density at radius 2 is 1.69 bits per heavy atom.